The molecule has 0 aliphatic carbocycles. The van der Waals surface area contributed by atoms with Crippen molar-refractivity contribution >= 4 is 17.4 Å². The van der Waals surface area contributed by atoms with Gasteiger partial charge in [0.2, 0.25) is 6.79 Å². The monoisotopic (exact) mass is 312 g/mol. The highest BCUT2D eigenvalue weighted by Gasteiger charge is 2.31. The number of hydrogen-bond donors (Lipinski definition) is 0. The Balaban J connectivity index is 1.75. The van der Waals surface area contributed by atoms with E-state index in [1.807, 2.05) is 25.1 Å². The van der Waals surface area contributed by atoms with Crippen LogP contribution >= 0.6 is 11.6 Å². The van der Waals surface area contributed by atoms with E-state index in [-0.39, 0.29) is 37.0 Å². The van der Waals surface area contributed by atoms with Crippen LogP contribution in [0.15, 0.2) is 18.2 Å². The quantitative estimate of drug-likeness (QED) is 0.756. The van der Waals surface area contributed by atoms with Crippen LogP contribution in [0.1, 0.15) is 31.2 Å². The van der Waals surface area contributed by atoms with Crippen molar-refractivity contribution in [3.8, 4) is 11.5 Å². The summed E-state index contributed by atoms with van der Waals surface area (Å²) in [7, 11) is 0. The third kappa shape index (κ3) is 3.31. The van der Waals surface area contributed by atoms with Gasteiger partial charge in [-0.05, 0) is 30.5 Å². The summed E-state index contributed by atoms with van der Waals surface area (Å²) in [5.41, 5.74) is 1.00. The molecule has 1 aromatic rings. The Morgan fingerprint density at radius 3 is 2.81 bits per heavy atom. The smallest absolute Gasteiger partial charge is 0.231 e. The molecule has 2 heterocycles. The summed E-state index contributed by atoms with van der Waals surface area (Å²) in [6.07, 6.45) is 0.544. The molecule has 2 aliphatic rings. The number of carbonyl (C=O) groups excluding carboxylic acids is 1. The van der Waals surface area contributed by atoms with Gasteiger partial charge in [0.1, 0.15) is 5.78 Å². The van der Waals surface area contributed by atoms with Gasteiger partial charge in [0.05, 0.1) is 5.88 Å². The van der Waals surface area contributed by atoms with Crippen molar-refractivity contribution in [3.05, 3.63) is 23.8 Å². The van der Waals surface area contributed by atoms with E-state index >= 15 is 0 Å². The first kappa shape index (κ1) is 14.6. The van der Waals surface area contributed by atoms with Crippen LogP contribution in [0.3, 0.4) is 0 Å². The number of carbonyl (C=O) groups is 1. The molecule has 0 N–H and O–H groups in total. The SMILES string of the molecule is CC1OC(C[C@@H](CC(=O)CCl)c2ccc3c(c2)OCO3)O1. The molecule has 1 fully saturated rings. The Kier molecular flexibility index (Phi) is 4.33. The first-order valence-electron chi connectivity index (χ1n) is 6.94. The average molecular weight is 313 g/mol. The van der Waals surface area contributed by atoms with Gasteiger partial charge in [-0.15, -0.1) is 11.6 Å². The highest BCUT2D eigenvalue weighted by atomic mass is 35.5. The Labute approximate surface area is 128 Å². The number of alkyl halides is 1. The summed E-state index contributed by atoms with van der Waals surface area (Å²) in [4.78, 5) is 11.7. The molecule has 0 spiro atoms. The van der Waals surface area contributed by atoms with Crippen molar-refractivity contribution in [2.24, 2.45) is 0 Å². The highest BCUT2D eigenvalue weighted by Crippen LogP contribution is 2.38. The predicted octanol–water partition coefficient (Wildman–Crippen LogP) is 2.81. The number of benzene rings is 1. The van der Waals surface area contributed by atoms with Gasteiger partial charge in [0.15, 0.2) is 24.1 Å². The van der Waals surface area contributed by atoms with Crippen LogP contribution in [0, 0.1) is 0 Å². The first-order chi connectivity index (χ1) is 10.2. The summed E-state index contributed by atoms with van der Waals surface area (Å²) in [5.74, 6) is 1.45. The topological polar surface area (TPSA) is 54.0 Å². The van der Waals surface area contributed by atoms with E-state index in [0.29, 0.717) is 18.6 Å². The maximum Gasteiger partial charge on any atom is 0.231 e. The number of halogens is 1. The Bertz CT molecular complexity index is 527. The average Bonchev–Trinajstić information content (AvgIpc) is 2.91. The second kappa shape index (κ2) is 6.22. The predicted molar refractivity (Wildman–Crippen MR) is 75.7 cm³/mol. The zero-order chi connectivity index (χ0) is 14.8. The second-order valence-electron chi connectivity index (χ2n) is 5.19. The number of ether oxygens (including phenoxy) is 4. The molecule has 2 aliphatic heterocycles. The number of hydrogen-bond acceptors (Lipinski definition) is 5. The highest BCUT2D eigenvalue weighted by molar-refractivity contribution is 6.27. The molecule has 21 heavy (non-hydrogen) atoms. The van der Waals surface area contributed by atoms with Gasteiger partial charge in [-0.25, -0.2) is 0 Å². The van der Waals surface area contributed by atoms with Gasteiger partial charge in [-0.3, -0.25) is 4.79 Å². The van der Waals surface area contributed by atoms with Crippen molar-refractivity contribution < 1.29 is 23.7 Å². The van der Waals surface area contributed by atoms with Gasteiger partial charge >= 0.3 is 0 Å². The minimum Gasteiger partial charge on any atom is -0.454 e. The molecule has 114 valence electrons. The molecule has 6 heteroatoms. The van der Waals surface area contributed by atoms with Crippen LogP contribution in [-0.2, 0) is 14.3 Å². The molecule has 3 rings (SSSR count). The van der Waals surface area contributed by atoms with Crippen molar-refractivity contribution in [3.63, 3.8) is 0 Å². The fourth-order valence-electron chi connectivity index (χ4n) is 2.61. The molecular formula is C15H17ClO5. The summed E-state index contributed by atoms with van der Waals surface area (Å²) in [6, 6.07) is 5.72. The number of ketones is 1. The van der Waals surface area contributed by atoms with E-state index < -0.39 is 0 Å². The molecular weight excluding hydrogens is 296 g/mol. The number of fused-ring (bicyclic) bond motifs is 1. The van der Waals surface area contributed by atoms with E-state index in [1.165, 1.54) is 0 Å². The lowest BCUT2D eigenvalue weighted by Gasteiger charge is -2.36. The van der Waals surface area contributed by atoms with Crippen LogP contribution in [0.4, 0.5) is 0 Å². The van der Waals surface area contributed by atoms with Crippen molar-refractivity contribution in [2.75, 3.05) is 12.7 Å². The molecule has 0 amide bonds. The first-order valence-corrected chi connectivity index (χ1v) is 7.47. The number of Topliss-reactive ketones (excluding diaryl/α,β-unsaturated/α-hetero) is 1. The Morgan fingerprint density at radius 1 is 1.33 bits per heavy atom. The lowest BCUT2D eigenvalue weighted by atomic mass is 9.90. The molecule has 5 nitrogen and oxygen atoms in total. The molecule has 0 saturated carbocycles. The van der Waals surface area contributed by atoms with Crippen LogP contribution in [0.2, 0.25) is 0 Å². The van der Waals surface area contributed by atoms with Crippen LogP contribution in [0.5, 0.6) is 11.5 Å². The van der Waals surface area contributed by atoms with Crippen LogP contribution in [-0.4, -0.2) is 31.0 Å². The van der Waals surface area contributed by atoms with Gasteiger partial charge < -0.3 is 18.9 Å². The van der Waals surface area contributed by atoms with E-state index in [0.717, 1.165) is 11.3 Å². The lowest BCUT2D eigenvalue weighted by Crippen LogP contribution is -2.39. The summed E-state index contributed by atoms with van der Waals surface area (Å²) in [5, 5.41) is 0. The standard InChI is InChI=1S/C15H17ClO5/c1-9-20-15(21-9)6-11(4-12(17)7-16)10-2-3-13-14(5-10)19-8-18-13/h2-3,5,9,11,15H,4,6-8H2,1H3/t9?,11-,15?/m1/s1. The molecule has 0 radical (unpaired) electrons. The van der Waals surface area contributed by atoms with Crippen molar-refractivity contribution in [1.82, 2.24) is 0 Å². The second-order valence-corrected chi connectivity index (χ2v) is 5.46. The van der Waals surface area contributed by atoms with Crippen molar-refractivity contribution in [1.29, 1.82) is 0 Å². The van der Waals surface area contributed by atoms with Crippen LogP contribution in [0.25, 0.3) is 0 Å². The maximum absolute atomic E-state index is 11.7. The number of rotatable bonds is 6. The Hall–Kier alpha value is -1.30. The maximum atomic E-state index is 11.7. The van der Waals surface area contributed by atoms with Gasteiger partial charge in [0, 0.05) is 12.8 Å². The molecule has 0 bridgehead atoms. The third-order valence-electron chi connectivity index (χ3n) is 3.65. The van der Waals surface area contributed by atoms with Gasteiger partial charge in [0.25, 0.3) is 0 Å². The normalized spacial score (nSPS) is 24.5. The minimum absolute atomic E-state index is 0.00621. The zero-order valence-electron chi connectivity index (χ0n) is 11.7. The van der Waals surface area contributed by atoms with Gasteiger partial charge in [-0.2, -0.15) is 0 Å². The summed E-state index contributed by atoms with van der Waals surface area (Å²) in [6.45, 7) is 2.08. The molecule has 1 saturated heterocycles. The fourth-order valence-corrected chi connectivity index (χ4v) is 2.72. The van der Waals surface area contributed by atoms with Gasteiger partial charge in [-0.1, -0.05) is 6.07 Å². The van der Waals surface area contributed by atoms with Crippen molar-refractivity contribution in [2.45, 2.75) is 38.3 Å². The van der Waals surface area contributed by atoms with E-state index in [2.05, 4.69) is 0 Å². The molecule has 1 aromatic carbocycles. The van der Waals surface area contributed by atoms with E-state index in [1.54, 1.807) is 0 Å². The molecule has 0 unspecified atom stereocenters. The van der Waals surface area contributed by atoms with E-state index in [4.69, 9.17) is 30.5 Å². The fraction of sp³-hybridized carbons (Fsp3) is 0.533. The third-order valence-corrected chi connectivity index (χ3v) is 3.95. The zero-order valence-corrected chi connectivity index (χ0v) is 12.5. The molecule has 1 atom stereocenters. The molecule has 0 aromatic heterocycles. The Morgan fingerprint density at radius 2 is 2.10 bits per heavy atom. The largest absolute Gasteiger partial charge is 0.454 e. The van der Waals surface area contributed by atoms with Crippen LogP contribution < -0.4 is 9.47 Å². The summed E-state index contributed by atoms with van der Waals surface area (Å²) < 4.78 is 21.6. The van der Waals surface area contributed by atoms with E-state index in [9.17, 15) is 4.79 Å². The lowest BCUT2D eigenvalue weighted by molar-refractivity contribution is -0.378. The minimum atomic E-state index is -0.265. The summed E-state index contributed by atoms with van der Waals surface area (Å²) >= 11 is 5.63.